The molecule has 0 saturated carbocycles. The van der Waals surface area contributed by atoms with Gasteiger partial charge in [-0.15, -0.1) is 11.3 Å². The van der Waals surface area contributed by atoms with Crippen molar-refractivity contribution in [3.63, 3.8) is 0 Å². The number of furan rings is 1. The van der Waals surface area contributed by atoms with Crippen molar-refractivity contribution >= 4 is 39.8 Å². The van der Waals surface area contributed by atoms with Gasteiger partial charge in [0.15, 0.2) is 0 Å². The fraction of sp³-hybridized carbons (Fsp3) is 0.130. The lowest BCUT2D eigenvalue weighted by atomic mass is 10.1. The molecule has 2 heterocycles. The summed E-state index contributed by atoms with van der Waals surface area (Å²) in [5, 5.41) is 5.70. The van der Waals surface area contributed by atoms with E-state index in [4.69, 9.17) is 4.42 Å². The van der Waals surface area contributed by atoms with E-state index in [1.54, 1.807) is 42.3 Å². The minimum absolute atomic E-state index is 0.148. The summed E-state index contributed by atoms with van der Waals surface area (Å²) in [7, 11) is 1.75. The van der Waals surface area contributed by atoms with Crippen molar-refractivity contribution in [3.8, 4) is 0 Å². The van der Waals surface area contributed by atoms with Crippen molar-refractivity contribution in [3.05, 3.63) is 88.3 Å². The van der Waals surface area contributed by atoms with Crippen molar-refractivity contribution in [1.82, 2.24) is 4.90 Å². The summed E-state index contributed by atoms with van der Waals surface area (Å²) >= 11 is 1.37. The van der Waals surface area contributed by atoms with Crippen LogP contribution in [-0.4, -0.2) is 23.8 Å². The van der Waals surface area contributed by atoms with E-state index in [2.05, 4.69) is 5.32 Å². The SMILES string of the molecule is CC(c1cc2ccccc2o1)N(C)C(=O)c1cccc(NC(=O)c2cccs2)c1. The van der Waals surface area contributed by atoms with E-state index in [1.807, 2.05) is 48.7 Å². The van der Waals surface area contributed by atoms with Crippen LogP contribution in [0.5, 0.6) is 0 Å². The molecular weight excluding hydrogens is 384 g/mol. The first-order valence-electron chi connectivity index (χ1n) is 9.23. The minimum atomic E-state index is -0.237. The molecule has 2 amide bonds. The molecule has 0 aliphatic heterocycles. The summed E-state index contributed by atoms with van der Waals surface area (Å²) < 4.78 is 5.90. The Morgan fingerprint density at radius 1 is 1.03 bits per heavy atom. The highest BCUT2D eigenvalue weighted by molar-refractivity contribution is 7.12. The molecule has 6 heteroatoms. The van der Waals surface area contributed by atoms with Gasteiger partial charge in [-0.25, -0.2) is 0 Å². The summed E-state index contributed by atoms with van der Waals surface area (Å²) in [4.78, 5) is 27.5. The second kappa shape index (κ2) is 7.93. The van der Waals surface area contributed by atoms with E-state index in [1.165, 1.54) is 11.3 Å². The number of rotatable bonds is 5. The van der Waals surface area contributed by atoms with Crippen LogP contribution in [0.2, 0.25) is 0 Å². The molecule has 0 saturated heterocycles. The Hall–Kier alpha value is -3.38. The van der Waals surface area contributed by atoms with Gasteiger partial charge in [-0.05, 0) is 48.7 Å². The van der Waals surface area contributed by atoms with Crippen molar-refractivity contribution in [1.29, 1.82) is 0 Å². The summed E-state index contributed by atoms with van der Waals surface area (Å²) in [6.45, 7) is 1.93. The van der Waals surface area contributed by atoms with Crippen LogP contribution in [0.25, 0.3) is 11.0 Å². The average Bonchev–Trinajstić information content (AvgIpc) is 3.42. The van der Waals surface area contributed by atoms with Crippen LogP contribution >= 0.6 is 11.3 Å². The Balaban J connectivity index is 1.51. The molecule has 4 aromatic rings. The molecule has 1 unspecified atom stereocenters. The van der Waals surface area contributed by atoms with Gasteiger partial charge in [0.1, 0.15) is 11.3 Å². The van der Waals surface area contributed by atoms with Gasteiger partial charge in [0.2, 0.25) is 0 Å². The molecule has 2 aromatic carbocycles. The van der Waals surface area contributed by atoms with Gasteiger partial charge in [-0.1, -0.05) is 30.3 Å². The summed E-state index contributed by atoms with van der Waals surface area (Å²) in [5.41, 5.74) is 1.88. The van der Waals surface area contributed by atoms with Gasteiger partial charge < -0.3 is 14.6 Å². The second-order valence-corrected chi connectivity index (χ2v) is 7.74. The normalized spacial score (nSPS) is 11.9. The maximum Gasteiger partial charge on any atom is 0.265 e. The molecule has 1 N–H and O–H groups in total. The molecule has 0 fully saturated rings. The molecule has 2 aromatic heterocycles. The van der Waals surface area contributed by atoms with E-state index in [0.29, 0.717) is 16.1 Å². The van der Waals surface area contributed by atoms with E-state index in [-0.39, 0.29) is 17.9 Å². The van der Waals surface area contributed by atoms with Crippen LogP contribution in [-0.2, 0) is 0 Å². The third-order valence-corrected chi connectivity index (χ3v) is 5.74. The minimum Gasteiger partial charge on any atom is -0.459 e. The largest absolute Gasteiger partial charge is 0.459 e. The lowest BCUT2D eigenvalue weighted by Crippen LogP contribution is -2.29. The number of nitrogens with zero attached hydrogens (tertiary/aromatic N) is 1. The monoisotopic (exact) mass is 404 g/mol. The highest BCUT2D eigenvalue weighted by Crippen LogP contribution is 2.28. The number of carbonyl (C=O) groups excluding carboxylic acids is 2. The lowest BCUT2D eigenvalue weighted by Gasteiger charge is -2.23. The first-order chi connectivity index (χ1) is 14.0. The number of benzene rings is 2. The van der Waals surface area contributed by atoms with Crippen molar-refractivity contribution in [2.75, 3.05) is 12.4 Å². The van der Waals surface area contributed by atoms with Crippen molar-refractivity contribution in [2.24, 2.45) is 0 Å². The second-order valence-electron chi connectivity index (χ2n) is 6.79. The van der Waals surface area contributed by atoms with Crippen molar-refractivity contribution < 1.29 is 14.0 Å². The topological polar surface area (TPSA) is 62.6 Å². The Labute approximate surface area is 172 Å². The molecule has 5 nitrogen and oxygen atoms in total. The standard InChI is InChI=1S/C23H20N2O3S/c1-15(20-14-16-7-3-4-10-19(16)28-20)25(2)23(27)17-8-5-9-18(13-17)24-22(26)21-11-6-12-29-21/h3-15H,1-2H3,(H,24,26). The predicted octanol–water partition coefficient (Wildman–Crippen LogP) is 5.58. The third kappa shape index (κ3) is 3.93. The van der Waals surface area contributed by atoms with Crippen LogP contribution in [0.4, 0.5) is 5.69 Å². The number of nitrogens with one attached hydrogen (secondary N) is 1. The van der Waals surface area contributed by atoms with Crippen LogP contribution in [0.15, 0.2) is 76.5 Å². The van der Waals surface area contributed by atoms with Crippen molar-refractivity contribution in [2.45, 2.75) is 13.0 Å². The van der Waals surface area contributed by atoms with Crippen LogP contribution in [0.1, 0.15) is 38.8 Å². The highest BCUT2D eigenvalue weighted by Gasteiger charge is 2.22. The van der Waals surface area contributed by atoms with Gasteiger partial charge in [0.05, 0.1) is 10.9 Å². The number of anilines is 1. The number of hydrogen-bond donors (Lipinski definition) is 1. The Morgan fingerprint density at radius 3 is 2.62 bits per heavy atom. The predicted molar refractivity (Wildman–Crippen MR) is 115 cm³/mol. The summed E-state index contributed by atoms with van der Waals surface area (Å²) in [6.07, 6.45) is 0. The Morgan fingerprint density at radius 2 is 1.86 bits per heavy atom. The average molecular weight is 404 g/mol. The molecule has 0 bridgehead atoms. The molecule has 1 atom stereocenters. The number of hydrogen-bond acceptors (Lipinski definition) is 4. The van der Waals surface area contributed by atoms with E-state index in [9.17, 15) is 9.59 Å². The fourth-order valence-corrected chi connectivity index (χ4v) is 3.73. The molecule has 29 heavy (non-hydrogen) atoms. The molecule has 0 radical (unpaired) electrons. The number of para-hydroxylation sites is 1. The van der Waals surface area contributed by atoms with Gasteiger partial charge in [0, 0.05) is 23.7 Å². The lowest BCUT2D eigenvalue weighted by molar-refractivity contribution is 0.0727. The first kappa shape index (κ1) is 19.0. The number of thiophene rings is 1. The fourth-order valence-electron chi connectivity index (χ4n) is 3.11. The van der Waals surface area contributed by atoms with Crippen LogP contribution < -0.4 is 5.32 Å². The molecule has 0 aliphatic rings. The summed E-state index contributed by atoms with van der Waals surface area (Å²) in [5.74, 6) is 0.392. The molecule has 0 spiro atoms. The molecular formula is C23H20N2O3S. The zero-order valence-electron chi connectivity index (χ0n) is 16.1. The van der Waals surface area contributed by atoms with E-state index in [0.717, 1.165) is 16.7 Å². The van der Waals surface area contributed by atoms with Gasteiger partial charge in [0.25, 0.3) is 11.8 Å². The van der Waals surface area contributed by atoms with Gasteiger partial charge >= 0.3 is 0 Å². The highest BCUT2D eigenvalue weighted by atomic mass is 32.1. The van der Waals surface area contributed by atoms with Crippen LogP contribution in [0.3, 0.4) is 0 Å². The van der Waals surface area contributed by atoms with Gasteiger partial charge in [-0.3, -0.25) is 9.59 Å². The van der Waals surface area contributed by atoms with E-state index < -0.39 is 0 Å². The zero-order valence-corrected chi connectivity index (χ0v) is 16.9. The Bertz CT molecular complexity index is 1130. The van der Waals surface area contributed by atoms with Gasteiger partial charge in [-0.2, -0.15) is 0 Å². The zero-order chi connectivity index (χ0) is 20.4. The maximum absolute atomic E-state index is 13.0. The van der Waals surface area contributed by atoms with E-state index >= 15 is 0 Å². The molecule has 146 valence electrons. The Kier molecular flexibility index (Phi) is 5.18. The third-order valence-electron chi connectivity index (χ3n) is 4.87. The number of amides is 2. The number of carbonyl (C=O) groups is 2. The molecule has 4 rings (SSSR count). The summed E-state index contributed by atoms with van der Waals surface area (Å²) in [6, 6.07) is 20.0. The molecule has 0 aliphatic carbocycles. The van der Waals surface area contributed by atoms with Crippen LogP contribution in [0, 0.1) is 0 Å². The quantitative estimate of drug-likeness (QED) is 0.472. The number of fused-ring (bicyclic) bond motifs is 1. The smallest absolute Gasteiger partial charge is 0.265 e. The maximum atomic E-state index is 13.0. The first-order valence-corrected chi connectivity index (χ1v) is 10.1.